The third kappa shape index (κ3) is 2.47. The van der Waals surface area contributed by atoms with Crippen molar-refractivity contribution < 1.29 is 4.79 Å². The predicted molar refractivity (Wildman–Crippen MR) is 75.3 cm³/mol. The molecule has 0 fully saturated rings. The molecule has 0 unspecified atom stereocenters. The van der Waals surface area contributed by atoms with Crippen molar-refractivity contribution in [3.63, 3.8) is 0 Å². The fourth-order valence-electron chi connectivity index (χ4n) is 1.76. The van der Waals surface area contributed by atoms with E-state index in [-0.39, 0.29) is 5.91 Å². The van der Waals surface area contributed by atoms with Crippen molar-refractivity contribution in [1.29, 1.82) is 0 Å². The molecule has 96 valence electrons. The standard InChI is InChI=1S/C14H14N4O/c1-10-16-13(14(19)18(10)15-2)9-11-5-7-12(8-6-11)17(3)4/h5-9H,1,3-4H3/b13-9+. The molecule has 0 spiro atoms. The van der Waals surface area contributed by atoms with Crippen molar-refractivity contribution in [2.45, 2.75) is 6.92 Å². The normalized spacial score (nSPS) is 16.5. The number of amides is 1. The predicted octanol–water partition coefficient (Wildman–Crippen LogP) is 2.19. The molecule has 2 rings (SSSR count). The summed E-state index contributed by atoms with van der Waals surface area (Å²) in [5.74, 6) is 0.0420. The highest BCUT2D eigenvalue weighted by Gasteiger charge is 2.32. The van der Waals surface area contributed by atoms with Gasteiger partial charge in [-0.15, -0.1) is 4.95 Å². The van der Waals surface area contributed by atoms with Gasteiger partial charge in [0.25, 0.3) is 0 Å². The Hall–Kier alpha value is -2.61. The molecule has 1 amide bonds. The monoisotopic (exact) mass is 254 g/mol. The zero-order valence-corrected chi connectivity index (χ0v) is 11.1. The van der Waals surface area contributed by atoms with E-state index in [1.807, 2.05) is 43.3 Å². The van der Waals surface area contributed by atoms with Crippen molar-refractivity contribution in [2.24, 2.45) is 4.99 Å². The van der Waals surface area contributed by atoms with E-state index in [1.54, 1.807) is 13.0 Å². The average Bonchev–Trinajstić information content (AvgIpc) is 2.64. The number of nitrogens with zero attached hydrogens (tertiary/aromatic N) is 4. The van der Waals surface area contributed by atoms with Gasteiger partial charge in [0.1, 0.15) is 5.70 Å². The van der Waals surface area contributed by atoms with Crippen LogP contribution in [0.1, 0.15) is 12.5 Å². The van der Waals surface area contributed by atoms with E-state index in [9.17, 15) is 4.79 Å². The summed E-state index contributed by atoms with van der Waals surface area (Å²) in [6, 6.07) is 7.77. The van der Waals surface area contributed by atoms with Gasteiger partial charge in [-0.25, -0.2) is 4.99 Å². The molecule has 1 aliphatic heterocycles. The van der Waals surface area contributed by atoms with Crippen LogP contribution in [0.5, 0.6) is 0 Å². The van der Waals surface area contributed by atoms with Crippen LogP contribution >= 0.6 is 0 Å². The first kappa shape index (κ1) is 12.8. The Morgan fingerprint density at radius 2 is 1.95 bits per heavy atom. The summed E-state index contributed by atoms with van der Waals surface area (Å²) >= 11 is 0. The number of amidine groups is 1. The Morgan fingerprint density at radius 1 is 1.32 bits per heavy atom. The van der Waals surface area contributed by atoms with Crippen LogP contribution in [0.4, 0.5) is 5.69 Å². The van der Waals surface area contributed by atoms with Gasteiger partial charge in [-0.1, -0.05) is 12.1 Å². The zero-order valence-electron chi connectivity index (χ0n) is 11.1. The molecule has 1 aliphatic rings. The number of hydrogen-bond donors (Lipinski definition) is 0. The molecule has 0 aliphatic carbocycles. The van der Waals surface area contributed by atoms with E-state index in [1.165, 1.54) is 0 Å². The van der Waals surface area contributed by atoms with Gasteiger partial charge >= 0.3 is 5.91 Å². The molecule has 19 heavy (non-hydrogen) atoms. The highest BCUT2D eigenvalue weighted by Crippen LogP contribution is 2.20. The molecular formula is C14H14N4O. The number of rotatable bonds is 2. The molecule has 1 heterocycles. The molecule has 0 radical (unpaired) electrons. The second-order valence-corrected chi connectivity index (χ2v) is 4.39. The number of aliphatic imine (C=N–C) groups is 1. The molecular weight excluding hydrogens is 240 g/mol. The number of carbonyl (C=O) groups is 1. The lowest BCUT2D eigenvalue weighted by Gasteiger charge is -2.11. The fourth-order valence-corrected chi connectivity index (χ4v) is 1.76. The van der Waals surface area contributed by atoms with Crippen LogP contribution in [0.2, 0.25) is 0 Å². The van der Waals surface area contributed by atoms with Crippen molar-refractivity contribution in [3.05, 3.63) is 47.1 Å². The van der Waals surface area contributed by atoms with Gasteiger partial charge in [0.2, 0.25) is 0 Å². The molecule has 0 bridgehead atoms. The van der Waals surface area contributed by atoms with Crippen LogP contribution in [0.15, 0.2) is 35.0 Å². The number of benzene rings is 1. The molecule has 0 saturated carbocycles. The highest BCUT2D eigenvalue weighted by molar-refractivity contribution is 6.14. The number of hydrogen-bond acceptors (Lipinski definition) is 3. The third-order valence-electron chi connectivity index (χ3n) is 2.81. The fraction of sp³-hybridized carbons (Fsp3) is 0.214. The van der Waals surface area contributed by atoms with Crippen LogP contribution in [-0.2, 0) is 4.79 Å². The van der Waals surface area contributed by atoms with Crippen LogP contribution < -0.4 is 4.90 Å². The Balaban J connectivity index is 2.28. The summed E-state index contributed by atoms with van der Waals surface area (Å²) in [5.41, 5.74) is 2.27. The van der Waals surface area contributed by atoms with Crippen molar-refractivity contribution in [2.75, 3.05) is 19.0 Å². The average molecular weight is 254 g/mol. The maximum Gasteiger partial charge on any atom is 0.347 e. The van der Waals surface area contributed by atoms with Gasteiger partial charge in [0, 0.05) is 31.7 Å². The van der Waals surface area contributed by atoms with Crippen molar-refractivity contribution >= 4 is 23.5 Å². The summed E-state index contributed by atoms with van der Waals surface area (Å²) in [6.45, 7) is 8.57. The lowest BCUT2D eigenvalue weighted by Crippen LogP contribution is -2.22. The molecule has 0 N–H and O–H groups in total. The maximum absolute atomic E-state index is 11.8. The molecule has 0 saturated heterocycles. The van der Waals surface area contributed by atoms with Gasteiger partial charge in [0.15, 0.2) is 5.84 Å². The minimum atomic E-state index is -0.371. The molecule has 5 nitrogen and oxygen atoms in total. The first-order chi connectivity index (χ1) is 9.02. The maximum atomic E-state index is 11.8. The van der Waals surface area contributed by atoms with E-state index in [0.29, 0.717) is 11.5 Å². The van der Waals surface area contributed by atoms with E-state index >= 15 is 0 Å². The second kappa shape index (κ2) is 4.94. The quantitative estimate of drug-likeness (QED) is 0.599. The Bertz CT molecular complexity index is 605. The van der Waals surface area contributed by atoms with Gasteiger partial charge in [0.05, 0.1) is 0 Å². The highest BCUT2D eigenvalue weighted by atomic mass is 16.2. The largest absolute Gasteiger partial charge is 0.378 e. The Kier molecular flexibility index (Phi) is 3.34. The topological polar surface area (TPSA) is 40.3 Å². The smallest absolute Gasteiger partial charge is 0.347 e. The van der Waals surface area contributed by atoms with E-state index < -0.39 is 0 Å². The molecule has 1 aromatic carbocycles. The number of anilines is 1. The summed E-state index contributed by atoms with van der Waals surface area (Å²) in [5, 5.41) is 0.972. The van der Waals surface area contributed by atoms with E-state index in [4.69, 9.17) is 6.57 Å². The van der Waals surface area contributed by atoms with Gasteiger partial charge in [-0.3, -0.25) is 4.79 Å². The van der Waals surface area contributed by atoms with Crippen LogP contribution in [0.25, 0.3) is 11.0 Å². The van der Waals surface area contributed by atoms with Crippen molar-refractivity contribution in [1.82, 2.24) is 5.01 Å². The summed E-state index contributed by atoms with van der Waals surface area (Å²) in [7, 11) is 3.94. The minimum Gasteiger partial charge on any atom is -0.378 e. The first-order valence-corrected chi connectivity index (χ1v) is 5.79. The van der Waals surface area contributed by atoms with Crippen molar-refractivity contribution in [3.8, 4) is 0 Å². The first-order valence-electron chi connectivity index (χ1n) is 5.79. The summed E-state index contributed by atoms with van der Waals surface area (Å²) in [4.78, 5) is 21.1. The molecule has 5 heteroatoms. The zero-order chi connectivity index (χ0) is 14.0. The molecule has 0 atom stereocenters. The Morgan fingerprint density at radius 3 is 2.42 bits per heavy atom. The minimum absolute atomic E-state index is 0.297. The third-order valence-corrected chi connectivity index (χ3v) is 2.81. The van der Waals surface area contributed by atoms with E-state index in [0.717, 1.165) is 16.3 Å². The lowest BCUT2D eigenvalue weighted by molar-refractivity contribution is -0.121. The summed E-state index contributed by atoms with van der Waals surface area (Å²) in [6.07, 6.45) is 1.69. The molecule has 1 aromatic rings. The summed E-state index contributed by atoms with van der Waals surface area (Å²) < 4.78 is 0. The van der Waals surface area contributed by atoms with Gasteiger partial charge in [-0.05, 0) is 23.8 Å². The Labute approximate surface area is 112 Å². The second-order valence-electron chi connectivity index (χ2n) is 4.39. The van der Waals surface area contributed by atoms with Gasteiger partial charge < -0.3 is 4.90 Å². The number of carbonyl (C=O) groups excluding carboxylic acids is 1. The lowest BCUT2D eigenvalue weighted by atomic mass is 10.1. The van der Waals surface area contributed by atoms with Crippen LogP contribution in [0.3, 0.4) is 0 Å². The SMILES string of the molecule is [C-]#[N+]N1C(=O)/C(=C\c2ccc(N(C)C)cc2)N=C1C. The van der Waals surface area contributed by atoms with E-state index in [2.05, 4.69) is 9.95 Å². The van der Waals surface area contributed by atoms with Gasteiger partial charge in [-0.2, -0.15) is 6.57 Å². The van der Waals surface area contributed by atoms with Crippen LogP contribution in [-0.4, -0.2) is 30.8 Å². The molecule has 0 aromatic heterocycles. The van der Waals surface area contributed by atoms with Crippen LogP contribution in [0, 0.1) is 6.57 Å².